The average Bonchev–Trinajstić information content (AvgIpc) is 2.79. The van der Waals surface area contributed by atoms with E-state index in [4.69, 9.17) is 32.8 Å². The van der Waals surface area contributed by atoms with E-state index in [9.17, 15) is 14.4 Å². The molecule has 0 bridgehead atoms. The summed E-state index contributed by atoms with van der Waals surface area (Å²) >= 11 is 0. The van der Waals surface area contributed by atoms with Crippen LogP contribution in [0.4, 0.5) is 0 Å². The van der Waals surface area contributed by atoms with Crippen LogP contribution in [0.5, 0.6) is 34.5 Å². The van der Waals surface area contributed by atoms with Gasteiger partial charge in [-0.25, -0.2) is 0 Å². The van der Waals surface area contributed by atoms with Crippen LogP contribution in [0.1, 0.15) is 13.8 Å². The molecular formula is C23H22O10. The molecule has 0 N–H and O–H groups in total. The van der Waals surface area contributed by atoms with Gasteiger partial charge in [-0.2, -0.15) is 0 Å². The van der Waals surface area contributed by atoms with Gasteiger partial charge in [-0.3, -0.25) is 14.4 Å². The zero-order valence-electron chi connectivity index (χ0n) is 18.9. The Morgan fingerprint density at radius 2 is 1.24 bits per heavy atom. The van der Waals surface area contributed by atoms with Crippen molar-refractivity contribution in [2.45, 2.75) is 13.8 Å². The highest BCUT2D eigenvalue weighted by Gasteiger charge is 2.31. The monoisotopic (exact) mass is 458 g/mol. The fraction of sp³-hybridized carbons (Fsp3) is 0.261. The maximum atomic E-state index is 13.6. The molecule has 174 valence electrons. The van der Waals surface area contributed by atoms with Crippen LogP contribution < -0.4 is 33.8 Å². The fourth-order valence-electron chi connectivity index (χ4n) is 3.28. The van der Waals surface area contributed by atoms with E-state index in [2.05, 4.69) is 0 Å². The number of esters is 2. The topological polar surface area (TPSA) is 120 Å². The number of carbonyl (C=O) groups is 2. The second-order valence-electron chi connectivity index (χ2n) is 6.64. The molecule has 3 aromatic rings. The first-order valence-corrected chi connectivity index (χ1v) is 9.61. The van der Waals surface area contributed by atoms with Gasteiger partial charge in [0.25, 0.3) is 0 Å². The number of hydrogen-bond donors (Lipinski definition) is 0. The minimum Gasteiger partial charge on any atom is -0.497 e. The molecule has 1 aromatic heterocycles. The van der Waals surface area contributed by atoms with E-state index in [1.807, 2.05) is 0 Å². The molecule has 0 saturated carbocycles. The number of carbonyl (C=O) groups excluding carboxylic acids is 2. The Morgan fingerprint density at radius 3 is 1.73 bits per heavy atom. The van der Waals surface area contributed by atoms with Gasteiger partial charge in [0.1, 0.15) is 11.1 Å². The van der Waals surface area contributed by atoms with Crippen LogP contribution >= 0.6 is 0 Å². The van der Waals surface area contributed by atoms with Crippen molar-refractivity contribution in [1.82, 2.24) is 0 Å². The first-order valence-electron chi connectivity index (χ1n) is 9.61. The molecule has 10 nitrogen and oxygen atoms in total. The standard InChI is InChI=1S/C23H22O10/c1-11(24)31-20-16(26)15-18(28-4)23(32-12(2)25)22(30-6)21(29-5)19(15)33-17(20)13-7-9-14(27-3)10-8-13/h7-10H,1-6H3. The molecule has 33 heavy (non-hydrogen) atoms. The normalized spacial score (nSPS) is 10.5. The molecule has 10 heteroatoms. The summed E-state index contributed by atoms with van der Waals surface area (Å²) in [5, 5.41) is -0.167. The van der Waals surface area contributed by atoms with E-state index in [0.29, 0.717) is 11.3 Å². The smallest absolute Gasteiger partial charge is 0.308 e. The predicted octanol–water partition coefficient (Wildman–Crippen LogP) is 3.35. The molecule has 0 aliphatic rings. The molecule has 0 unspecified atom stereocenters. The van der Waals surface area contributed by atoms with Crippen molar-refractivity contribution >= 4 is 22.9 Å². The van der Waals surface area contributed by atoms with Crippen molar-refractivity contribution in [2.24, 2.45) is 0 Å². The first kappa shape index (κ1) is 23.5. The van der Waals surface area contributed by atoms with Gasteiger partial charge in [0.2, 0.25) is 28.4 Å². The second-order valence-corrected chi connectivity index (χ2v) is 6.64. The third kappa shape index (κ3) is 4.27. The summed E-state index contributed by atoms with van der Waals surface area (Å²) in [5.74, 6) is -1.65. The van der Waals surface area contributed by atoms with Crippen LogP contribution in [0.15, 0.2) is 33.5 Å². The maximum absolute atomic E-state index is 13.6. The van der Waals surface area contributed by atoms with Crippen LogP contribution in [-0.2, 0) is 9.59 Å². The van der Waals surface area contributed by atoms with Gasteiger partial charge in [-0.05, 0) is 24.3 Å². The average molecular weight is 458 g/mol. The van der Waals surface area contributed by atoms with Gasteiger partial charge >= 0.3 is 11.9 Å². The van der Waals surface area contributed by atoms with E-state index in [1.165, 1.54) is 35.4 Å². The predicted molar refractivity (Wildman–Crippen MR) is 117 cm³/mol. The Hall–Kier alpha value is -4.21. The van der Waals surface area contributed by atoms with Crippen molar-refractivity contribution in [3.8, 4) is 45.8 Å². The van der Waals surface area contributed by atoms with Crippen LogP contribution in [-0.4, -0.2) is 40.4 Å². The van der Waals surface area contributed by atoms with Crippen molar-refractivity contribution in [3.63, 3.8) is 0 Å². The molecule has 3 rings (SSSR count). The summed E-state index contributed by atoms with van der Waals surface area (Å²) in [6.45, 7) is 2.33. The summed E-state index contributed by atoms with van der Waals surface area (Å²) in [4.78, 5) is 37.1. The van der Waals surface area contributed by atoms with Gasteiger partial charge in [0, 0.05) is 19.4 Å². The van der Waals surface area contributed by atoms with Crippen molar-refractivity contribution in [2.75, 3.05) is 28.4 Å². The lowest BCUT2D eigenvalue weighted by Crippen LogP contribution is -2.15. The quantitative estimate of drug-likeness (QED) is 0.385. The third-order valence-corrected chi connectivity index (χ3v) is 4.58. The van der Waals surface area contributed by atoms with E-state index in [1.54, 1.807) is 24.3 Å². The van der Waals surface area contributed by atoms with Gasteiger partial charge in [0.05, 0.1) is 28.4 Å². The number of hydrogen-bond acceptors (Lipinski definition) is 10. The molecule has 0 amide bonds. The second kappa shape index (κ2) is 9.51. The number of methoxy groups -OCH3 is 4. The summed E-state index contributed by atoms with van der Waals surface area (Å²) in [7, 11) is 5.44. The molecule has 0 spiro atoms. The maximum Gasteiger partial charge on any atom is 0.308 e. The van der Waals surface area contributed by atoms with E-state index in [-0.39, 0.29) is 45.5 Å². The van der Waals surface area contributed by atoms with Gasteiger partial charge in [-0.15, -0.1) is 0 Å². The molecule has 0 aliphatic carbocycles. The largest absolute Gasteiger partial charge is 0.497 e. The lowest BCUT2D eigenvalue weighted by Gasteiger charge is -2.19. The first-order chi connectivity index (χ1) is 15.8. The molecule has 0 aliphatic heterocycles. The Balaban J connectivity index is 2.52. The van der Waals surface area contributed by atoms with Gasteiger partial charge in [-0.1, -0.05) is 0 Å². The summed E-state index contributed by atoms with van der Waals surface area (Å²) < 4.78 is 37.9. The minimum absolute atomic E-state index is 0.0224. The fourth-order valence-corrected chi connectivity index (χ4v) is 3.28. The van der Waals surface area contributed by atoms with Crippen molar-refractivity contribution in [3.05, 3.63) is 34.5 Å². The number of benzene rings is 2. The number of ether oxygens (including phenoxy) is 6. The lowest BCUT2D eigenvalue weighted by molar-refractivity contribution is -0.132. The SMILES string of the molecule is COc1ccc(-c2oc3c(OC)c(OC)c(OC(C)=O)c(OC)c3c(=O)c2OC(C)=O)cc1. The zero-order valence-corrected chi connectivity index (χ0v) is 18.9. The van der Waals surface area contributed by atoms with E-state index in [0.717, 1.165) is 6.92 Å². The van der Waals surface area contributed by atoms with E-state index < -0.39 is 17.4 Å². The van der Waals surface area contributed by atoms with Gasteiger partial charge in [0.15, 0.2) is 17.1 Å². The molecule has 2 aromatic carbocycles. The Labute approximate surface area is 188 Å². The third-order valence-electron chi connectivity index (χ3n) is 4.58. The summed E-state index contributed by atoms with van der Waals surface area (Å²) in [5.41, 5.74) is -0.382. The van der Waals surface area contributed by atoms with Crippen molar-refractivity contribution in [1.29, 1.82) is 0 Å². The zero-order chi connectivity index (χ0) is 24.3. The number of fused-ring (bicyclic) bond motifs is 1. The number of rotatable bonds is 7. The Kier molecular flexibility index (Phi) is 6.76. The van der Waals surface area contributed by atoms with Gasteiger partial charge < -0.3 is 32.8 Å². The minimum atomic E-state index is -0.747. The molecule has 0 atom stereocenters. The Morgan fingerprint density at radius 1 is 0.697 bits per heavy atom. The highest BCUT2D eigenvalue weighted by molar-refractivity contribution is 5.98. The molecule has 0 fully saturated rings. The molecule has 1 heterocycles. The van der Waals surface area contributed by atoms with Crippen LogP contribution in [0.2, 0.25) is 0 Å². The van der Waals surface area contributed by atoms with Crippen LogP contribution in [0.25, 0.3) is 22.3 Å². The molecule has 0 saturated heterocycles. The highest BCUT2D eigenvalue weighted by Crippen LogP contribution is 2.51. The lowest BCUT2D eigenvalue weighted by atomic mass is 10.1. The van der Waals surface area contributed by atoms with E-state index >= 15 is 0 Å². The highest BCUT2D eigenvalue weighted by atomic mass is 16.6. The van der Waals surface area contributed by atoms with Crippen molar-refractivity contribution < 1.29 is 42.4 Å². The Bertz CT molecular complexity index is 1270. The summed E-state index contributed by atoms with van der Waals surface area (Å²) in [6, 6.07) is 6.56. The van der Waals surface area contributed by atoms with Crippen LogP contribution in [0, 0.1) is 0 Å². The molecule has 0 radical (unpaired) electrons. The van der Waals surface area contributed by atoms with Crippen LogP contribution in [0.3, 0.4) is 0 Å². The molecular weight excluding hydrogens is 436 g/mol. The summed E-state index contributed by atoms with van der Waals surface area (Å²) in [6.07, 6.45) is 0.